The molecule has 382 valence electrons. The minimum Gasteiger partial charge on any atom is -0.458 e. The maximum Gasteiger partial charge on any atom is 0.407 e. The van der Waals surface area contributed by atoms with Gasteiger partial charge < -0.3 is 51.5 Å². The second-order valence-corrected chi connectivity index (χ2v) is 19.6. The first-order chi connectivity index (χ1) is 34.9. The highest BCUT2D eigenvalue weighted by Crippen LogP contribution is 2.47. The summed E-state index contributed by atoms with van der Waals surface area (Å²) in [6, 6.07) is 14.9. The van der Waals surface area contributed by atoms with E-state index in [1.54, 1.807) is 33.8 Å². The van der Waals surface area contributed by atoms with Gasteiger partial charge in [-0.1, -0.05) is 69.3 Å². The molecular formula is C54H59FN8O10. The summed E-state index contributed by atoms with van der Waals surface area (Å²) in [6.45, 7) is 6.48. The van der Waals surface area contributed by atoms with Crippen LogP contribution < -0.4 is 33.0 Å². The lowest BCUT2D eigenvalue weighted by Crippen LogP contribution is -2.57. The number of urea groups is 1. The molecule has 2 aromatic heterocycles. The Balaban J connectivity index is 0.949. The van der Waals surface area contributed by atoms with Gasteiger partial charge >= 0.3 is 18.1 Å². The van der Waals surface area contributed by atoms with E-state index in [9.17, 15) is 38.7 Å². The number of aromatic nitrogens is 2. The van der Waals surface area contributed by atoms with E-state index in [2.05, 4.69) is 16.0 Å². The van der Waals surface area contributed by atoms with Gasteiger partial charge in [-0.05, 0) is 96.4 Å². The zero-order chi connectivity index (χ0) is 52.0. The highest BCUT2D eigenvalue weighted by molar-refractivity contribution is 5.94. The highest BCUT2D eigenvalue weighted by Gasteiger charge is 2.46. The molecule has 4 aliphatic rings. The van der Waals surface area contributed by atoms with Crippen LogP contribution in [-0.2, 0) is 53.8 Å². The Morgan fingerprint density at radius 2 is 1.70 bits per heavy atom. The molecule has 73 heavy (non-hydrogen) atoms. The lowest BCUT2D eigenvalue weighted by Gasteiger charge is -2.34. The van der Waals surface area contributed by atoms with E-state index in [0.717, 1.165) is 27.8 Å². The average molecular weight is 999 g/mol. The molecule has 0 saturated heterocycles. The fourth-order valence-electron chi connectivity index (χ4n) is 11.2. The van der Waals surface area contributed by atoms with Crippen molar-refractivity contribution in [3.05, 3.63) is 121 Å². The van der Waals surface area contributed by atoms with Crippen molar-refractivity contribution >= 4 is 46.7 Å². The largest absolute Gasteiger partial charge is 0.458 e. The molecule has 9 rings (SSSR count). The van der Waals surface area contributed by atoms with Gasteiger partial charge in [0.05, 0.1) is 35.1 Å². The summed E-state index contributed by atoms with van der Waals surface area (Å²) < 4.78 is 28.1. The van der Waals surface area contributed by atoms with Crippen LogP contribution in [0.25, 0.3) is 33.4 Å². The van der Waals surface area contributed by atoms with Crippen LogP contribution in [0.15, 0.2) is 65.5 Å². The number of amides is 6. The van der Waals surface area contributed by atoms with Gasteiger partial charge in [-0.25, -0.2) is 23.8 Å². The number of fused-ring (bicyclic) bond motifs is 8. The number of cyclic esters (lactones) is 1. The predicted molar refractivity (Wildman–Crippen MR) is 266 cm³/mol. The molecule has 0 spiro atoms. The minimum absolute atomic E-state index is 0.000428. The number of carbonyl (C=O) groups excluding carboxylic acids is 6. The molecule has 0 unspecified atom stereocenters. The quantitative estimate of drug-likeness (QED) is 0.0517. The number of aliphatic hydroxyl groups is 1. The Morgan fingerprint density at radius 3 is 2.36 bits per heavy atom. The Morgan fingerprint density at radius 1 is 1.00 bits per heavy atom. The summed E-state index contributed by atoms with van der Waals surface area (Å²) in [5.41, 5.74) is 16.6. The fraction of sp³-hybridized carbons (Fsp3) is 0.407. The maximum atomic E-state index is 15.6. The number of hydrogen-bond acceptors (Lipinski definition) is 11. The normalized spacial score (nSPS) is 17.8. The van der Waals surface area contributed by atoms with Crippen molar-refractivity contribution < 1.29 is 47.7 Å². The fourth-order valence-corrected chi connectivity index (χ4v) is 11.2. The van der Waals surface area contributed by atoms with E-state index < -0.39 is 76.8 Å². The van der Waals surface area contributed by atoms with E-state index in [1.165, 1.54) is 15.5 Å². The average Bonchev–Trinajstić information content (AvgIpc) is 3.90. The second-order valence-electron chi connectivity index (χ2n) is 19.6. The number of benzene rings is 3. The number of esters is 1. The van der Waals surface area contributed by atoms with E-state index in [-0.39, 0.29) is 82.0 Å². The summed E-state index contributed by atoms with van der Waals surface area (Å²) in [6.07, 6.45) is 0.0788. The first kappa shape index (κ1) is 50.3. The molecule has 6 amide bonds. The molecule has 0 saturated carbocycles. The molecule has 0 radical (unpaired) electrons. The van der Waals surface area contributed by atoms with Gasteiger partial charge in [0, 0.05) is 48.0 Å². The van der Waals surface area contributed by atoms with E-state index in [0.29, 0.717) is 51.8 Å². The van der Waals surface area contributed by atoms with Crippen LogP contribution in [0, 0.1) is 18.7 Å². The van der Waals surface area contributed by atoms with Crippen LogP contribution in [-0.4, -0.2) is 87.2 Å². The van der Waals surface area contributed by atoms with Gasteiger partial charge in [0.25, 0.3) is 5.56 Å². The molecule has 2 aliphatic carbocycles. The SMILES string of the molecule is CC[C@@]1(O)C(=O)OCc2c1cc1n(c2=O)Cc2c-1nc1cc(F)c(C)c3c1c2[C@@H](NC(=O)CCCN(C(=O)[C@@H](NC(=O)OCC1c2ccccc2-c2ccccc21)C(C)C)[C@@H](CCCNC(N)=O)C(N)=O)CC3. The number of halogens is 1. The molecule has 8 N–H and O–H groups in total. The number of pyridine rings is 2. The van der Waals surface area contributed by atoms with Crippen molar-refractivity contribution in [3.63, 3.8) is 0 Å². The molecule has 3 aromatic carbocycles. The van der Waals surface area contributed by atoms with Gasteiger partial charge in [-0.2, -0.15) is 0 Å². The first-order valence-corrected chi connectivity index (χ1v) is 24.8. The Bertz CT molecular complexity index is 3130. The van der Waals surface area contributed by atoms with Gasteiger partial charge in [0.15, 0.2) is 5.60 Å². The first-order valence-electron chi connectivity index (χ1n) is 24.8. The van der Waals surface area contributed by atoms with Crippen molar-refractivity contribution in [2.45, 2.75) is 115 Å². The van der Waals surface area contributed by atoms with Crippen LogP contribution in [0.4, 0.5) is 14.0 Å². The lowest BCUT2D eigenvalue weighted by molar-refractivity contribution is -0.172. The van der Waals surface area contributed by atoms with E-state index >= 15 is 4.39 Å². The van der Waals surface area contributed by atoms with Crippen molar-refractivity contribution in [1.29, 1.82) is 0 Å². The number of nitrogens with two attached hydrogens (primary N) is 2. The van der Waals surface area contributed by atoms with Crippen molar-refractivity contribution in [2.24, 2.45) is 17.4 Å². The van der Waals surface area contributed by atoms with Gasteiger partial charge in [-0.3, -0.25) is 19.2 Å². The summed E-state index contributed by atoms with van der Waals surface area (Å²) in [5, 5.41) is 20.5. The Kier molecular flexibility index (Phi) is 13.8. The number of ether oxygens (including phenoxy) is 2. The van der Waals surface area contributed by atoms with Crippen LogP contribution in [0.2, 0.25) is 0 Å². The third kappa shape index (κ3) is 9.14. The molecule has 4 heterocycles. The summed E-state index contributed by atoms with van der Waals surface area (Å²) in [5.74, 6) is -3.90. The van der Waals surface area contributed by atoms with Crippen molar-refractivity contribution in [2.75, 3.05) is 19.7 Å². The van der Waals surface area contributed by atoms with Crippen LogP contribution in [0.1, 0.15) is 116 Å². The van der Waals surface area contributed by atoms with Crippen LogP contribution >= 0.6 is 0 Å². The van der Waals surface area contributed by atoms with Crippen molar-refractivity contribution in [1.82, 2.24) is 30.4 Å². The zero-order valence-electron chi connectivity index (χ0n) is 41.1. The summed E-state index contributed by atoms with van der Waals surface area (Å²) in [7, 11) is 0. The summed E-state index contributed by atoms with van der Waals surface area (Å²) >= 11 is 0. The standard InChI is InChI=1S/C54H59FN8O10/c1-5-54(71)37-22-42-47-34(24-63(42)49(66)36(37)26-72-51(54)68)45-39(19-18-29-28(4)38(55)23-40(60-47)44(29)45)59-43(64)17-11-21-62(41(48(56)65)16-10-20-58-52(57)69)50(67)46(27(2)3)61-53(70)73-25-35-32-14-8-6-12-30(32)31-13-7-9-15-33(31)35/h6-9,12-15,22-23,27,35,39,41,46,71H,5,10-11,16-21,24-26H2,1-4H3,(H2,56,65)(H,59,64)(H,61,70)(H3,57,58,69)/t39-,41-,46-,54-/m0/s1. The number of nitrogens with one attached hydrogen (secondary N) is 3. The minimum atomic E-state index is -2.06. The Labute approximate surface area is 420 Å². The molecule has 2 aliphatic heterocycles. The van der Waals surface area contributed by atoms with Gasteiger partial charge in [-0.15, -0.1) is 0 Å². The molecule has 0 bridgehead atoms. The summed E-state index contributed by atoms with van der Waals surface area (Å²) in [4.78, 5) is 100. The molecule has 4 atom stereocenters. The topological polar surface area (TPSA) is 267 Å². The molecular weight excluding hydrogens is 940 g/mol. The number of nitrogens with zero attached hydrogens (tertiary/aromatic N) is 3. The maximum absolute atomic E-state index is 15.6. The molecule has 5 aromatic rings. The zero-order valence-corrected chi connectivity index (χ0v) is 41.1. The number of primary amides is 2. The van der Waals surface area contributed by atoms with Crippen molar-refractivity contribution in [3.8, 4) is 22.5 Å². The lowest BCUT2D eigenvalue weighted by atomic mass is 9.81. The number of carbonyl (C=O) groups is 6. The van der Waals surface area contributed by atoms with E-state index in [1.807, 2.05) is 48.5 Å². The number of aryl methyl sites for hydroxylation is 1. The highest BCUT2D eigenvalue weighted by atomic mass is 19.1. The predicted octanol–water partition coefficient (Wildman–Crippen LogP) is 5.11. The molecule has 0 fully saturated rings. The van der Waals surface area contributed by atoms with Gasteiger partial charge in [0.2, 0.25) is 17.7 Å². The van der Waals surface area contributed by atoms with Gasteiger partial charge in [0.1, 0.15) is 31.1 Å². The number of rotatable bonds is 17. The second kappa shape index (κ2) is 20.1. The number of alkyl carbamates (subject to hydrolysis) is 1. The van der Waals surface area contributed by atoms with Crippen LogP contribution in [0.5, 0.6) is 0 Å². The smallest absolute Gasteiger partial charge is 0.407 e. The third-order valence-corrected chi connectivity index (χ3v) is 15.0. The van der Waals surface area contributed by atoms with Crippen LogP contribution in [0.3, 0.4) is 0 Å². The molecule has 19 heteroatoms. The molecule has 18 nitrogen and oxygen atoms in total. The number of hydrogen-bond donors (Lipinski definition) is 6. The van der Waals surface area contributed by atoms with E-state index in [4.69, 9.17) is 25.9 Å². The third-order valence-electron chi connectivity index (χ3n) is 15.0. The Hall–Kier alpha value is -7.67. The monoisotopic (exact) mass is 998 g/mol.